The van der Waals surface area contributed by atoms with E-state index in [2.05, 4.69) is 239 Å². The number of nitrogens with zero attached hydrogens (tertiary/aromatic N) is 3. The molecule has 67 heavy (non-hydrogen) atoms. The second kappa shape index (κ2) is 17.4. The van der Waals surface area contributed by atoms with E-state index in [4.69, 9.17) is 0 Å². The van der Waals surface area contributed by atoms with Gasteiger partial charge in [0.2, 0.25) is 0 Å². The standard InChI is InChI=1S/C52H66N3S12/c1-47(2)56-35-29(36-42(63-48(3,4)57-36)32(41(35)62-47)53-22-16-13-17-23-53)28(30-37-43(64-49(5,6)58-37)33(54-24-18-14-19-25-54)44-38(30)59-50(7,8)65-44)31-39-45(66-51(9,10)60-39)34(55-26-20-15-21-27-55)46-40(31)61-52(11,12)67-46/h13-27H2,1-12H3. The van der Waals surface area contributed by atoms with Crippen LogP contribution in [0.3, 0.4) is 0 Å². The molecule has 0 atom stereocenters. The van der Waals surface area contributed by atoms with Crippen molar-refractivity contribution in [1.82, 2.24) is 0 Å². The van der Waals surface area contributed by atoms with E-state index < -0.39 is 0 Å². The summed E-state index contributed by atoms with van der Waals surface area (Å²) in [5.41, 5.74) is 9.41. The summed E-state index contributed by atoms with van der Waals surface area (Å²) in [4.78, 5) is 27.3. The van der Waals surface area contributed by atoms with Crippen molar-refractivity contribution in [1.29, 1.82) is 0 Å². The summed E-state index contributed by atoms with van der Waals surface area (Å²) >= 11 is 26.2. The van der Waals surface area contributed by atoms with Gasteiger partial charge in [-0.15, -0.1) is 141 Å². The third kappa shape index (κ3) is 8.72. The molecule has 12 rings (SSSR count). The lowest BCUT2D eigenvalue weighted by Gasteiger charge is -2.36. The highest BCUT2D eigenvalue weighted by atomic mass is 32.2. The van der Waals surface area contributed by atoms with Crippen LogP contribution in [0.15, 0.2) is 58.7 Å². The van der Waals surface area contributed by atoms with E-state index in [1.165, 1.54) is 97.1 Å². The van der Waals surface area contributed by atoms with Crippen molar-refractivity contribution in [3.8, 4) is 0 Å². The predicted octanol–water partition coefficient (Wildman–Crippen LogP) is 19.3. The first-order valence-corrected chi connectivity index (χ1v) is 34.5. The quantitative estimate of drug-likeness (QED) is 0.217. The third-order valence-electron chi connectivity index (χ3n) is 13.8. The zero-order valence-corrected chi connectivity index (χ0v) is 51.1. The molecule has 3 nitrogen and oxygen atoms in total. The van der Waals surface area contributed by atoms with E-state index in [1.54, 1.807) is 98.4 Å². The molecule has 3 aromatic carbocycles. The van der Waals surface area contributed by atoms with Gasteiger partial charge in [0.05, 0.1) is 47.5 Å². The highest BCUT2D eigenvalue weighted by Gasteiger charge is 2.54. The first kappa shape index (κ1) is 49.2. The van der Waals surface area contributed by atoms with Crippen molar-refractivity contribution in [2.24, 2.45) is 0 Å². The van der Waals surface area contributed by atoms with Gasteiger partial charge in [-0.3, -0.25) is 0 Å². The van der Waals surface area contributed by atoms with E-state index >= 15 is 0 Å². The van der Waals surface area contributed by atoms with Crippen molar-refractivity contribution in [3.05, 3.63) is 22.6 Å². The molecular formula is C52H66N3S12. The Balaban J connectivity index is 1.25. The summed E-state index contributed by atoms with van der Waals surface area (Å²) in [6, 6.07) is 0. The van der Waals surface area contributed by atoms with Gasteiger partial charge in [-0.2, -0.15) is 0 Å². The van der Waals surface area contributed by atoms with Crippen LogP contribution >= 0.6 is 141 Å². The molecular weight excluding hydrogens is 1050 g/mol. The molecule has 0 spiro atoms. The molecule has 0 aliphatic carbocycles. The molecule has 0 amide bonds. The van der Waals surface area contributed by atoms with Gasteiger partial charge in [0.1, 0.15) is 0 Å². The average Bonchev–Trinajstić information content (AvgIpc) is 4.07. The minimum absolute atomic E-state index is 0.0229. The van der Waals surface area contributed by atoms with Crippen LogP contribution in [-0.4, -0.2) is 63.7 Å². The second-order valence-corrected chi connectivity index (χ2v) is 43.4. The lowest BCUT2D eigenvalue weighted by atomic mass is 9.83. The van der Waals surface area contributed by atoms with Gasteiger partial charge in [-0.1, -0.05) is 0 Å². The number of anilines is 3. The van der Waals surface area contributed by atoms with Crippen molar-refractivity contribution < 1.29 is 0 Å². The molecule has 9 heterocycles. The van der Waals surface area contributed by atoms with Gasteiger partial charge in [0.25, 0.3) is 0 Å². The van der Waals surface area contributed by atoms with Crippen LogP contribution in [0.2, 0.25) is 0 Å². The van der Waals surface area contributed by atoms with Crippen LogP contribution < -0.4 is 14.7 Å². The van der Waals surface area contributed by atoms with Crippen LogP contribution in [-0.2, 0) is 0 Å². The minimum atomic E-state index is 0.0229. The van der Waals surface area contributed by atoms with Crippen molar-refractivity contribution in [2.75, 3.05) is 54.0 Å². The maximum absolute atomic E-state index is 2.84. The molecule has 9 aliphatic rings. The first-order valence-electron chi connectivity index (χ1n) is 24.7. The Hall–Kier alpha value is 1.26. The summed E-state index contributed by atoms with van der Waals surface area (Å²) in [5, 5.41) is 0. The summed E-state index contributed by atoms with van der Waals surface area (Å²) in [6.45, 7) is 37.2. The number of hydrogen-bond acceptors (Lipinski definition) is 15. The van der Waals surface area contributed by atoms with Gasteiger partial charge in [0, 0.05) is 98.0 Å². The maximum atomic E-state index is 2.84. The first-order chi connectivity index (χ1) is 31.6. The Morgan fingerprint density at radius 2 is 0.418 bits per heavy atom. The van der Waals surface area contributed by atoms with E-state index in [9.17, 15) is 0 Å². The molecule has 0 N–H and O–H groups in total. The highest BCUT2D eigenvalue weighted by Crippen LogP contribution is 2.76. The Morgan fingerprint density at radius 3 is 0.597 bits per heavy atom. The summed E-state index contributed by atoms with van der Waals surface area (Å²) < 4.78 is 0.137. The van der Waals surface area contributed by atoms with E-state index in [0.717, 1.165) is 0 Å². The molecule has 15 heteroatoms. The zero-order chi connectivity index (χ0) is 46.8. The number of hydrogen-bond donors (Lipinski definition) is 0. The molecule has 0 unspecified atom stereocenters. The van der Waals surface area contributed by atoms with Crippen LogP contribution in [0.25, 0.3) is 0 Å². The lowest BCUT2D eigenvalue weighted by Crippen LogP contribution is -2.31. The molecule has 3 saturated heterocycles. The van der Waals surface area contributed by atoms with Gasteiger partial charge in [-0.05, 0) is 158 Å². The Bertz CT molecular complexity index is 2170. The normalized spacial score (nSPS) is 25.7. The van der Waals surface area contributed by atoms with Crippen LogP contribution in [0.5, 0.6) is 0 Å². The fourth-order valence-corrected chi connectivity index (χ4v) is 29.3. The molecule has 0 saturated carbocycles. The fraction of sp³-hybridized carbons (Fsp3) is 0.635. The molecule has 1 radical (unpaired) electrons. The number of thioether (sulfide) groups is 12. The van der Waals surface area contributed by atoms with Gasteiger partial charge < -0.3 is 14.7 Å². The van der Waals surface area contributed by atoms with Gasteiger partial charge in [0.15, 0.2) is 0 Å². The number of benzene rings is 3. The average molecular weight is 1120 g/mol. The fourth-order valence-electron chi connectivity index (χ4n) is 11.4. The molecule has 3 aromatic rings. The monoisotopic (exact) mass is 1120 g/mol. The number of rotatable bonds is 6. The molecule has 3 fully saturated rings. The van der Waals surface area contributed by atoms with Gasteiger partial charge in [-0.25, -0.2) is 0 Å². The van der Waals surface area contributed by atoms with Crippen molar-refractivity contribution >= 4 is 158 Å². The van der Waals surface area contributed by atoms with E-state index in [1.807, 2.05) is 0 Å². The third-order valence-corrected chi connectivity index (χ3v) is 30.8. The topological polar surface area (TPSA) is 9.72 Å². The molecule has 361 valence electrons. The minimum Gasteiger partial charge on any atom is -0.370 e. The molecule has 0 bridgehead atoms. The zero-order valence-electron chi connectivity index (χ0n) is 41.3. The largest absolute Gasteiger partial charge is 0.370 e. The predicted molar refractivity (Wildman–Crippen MR) is 313 cm³/mol. The Morgan fingerprint density at radius 1 is 0.254 bits per heavy atom. The summed E-state index contributed by atoms with van der Waals surface area (Å²) in [5.74, 6) is 1.57. The molecule has 9 aliphatic heterocycles. The van der Waals surface area contributed by atoms with E-state index in [0.29, 0.717) is 0 Å². The van der Waals surface area contributed by atoms with Crippen molar-refractivity contribution in [2.45, 2.75) is 224 Å². The Kier molecular flexibility index (Phi) is 12.8. The van der Waals surface area contributed by atoms with Gasteiger partial charge >= 0.3 is 0 Å². The maximum Gasteiger partial charge on any atom is 0.0700 e. The van der Waals surface area contributed by atoms with Crippen LogP contribution in [0.1, 0.15) is 158 Å². The van der Waals surface area contributed by atoms with Crippen LogP contribution in [0.4, 0.5) is 17.1 Å². The summed E-state index contributed by atoms with van der Waals surface area (Å²) in [7, 11) is 0. The van der Waals surface area contributed by atoms with E-state index in [-0.39, 0.29) is 24.5 Å². The smallest absolute Gasteiger partial charge is 0.0700 e. The lowest BCUT2D eigenvalue weighted by molar-refractivity contribution is 0.569. The summed E-state index contributed by atoms with van der Waals surface area (Å²) in [6.07, 6.45) is 11.8. The van der Waals surface area contributed by atoms with Crippen molar-refractivity contribution in [3.63, 3.8) is 0 Å². The molecule has 0 aromatic heterocycles. The second-order valence-electron chi connectivity index (χ2n) is 22.3. The number of piperidine rings is 3. The SMILES string of the molecule is CC1(C)Sc2c(c(N3CCCCC3)c3c(c2[C](c2c4c(c(N5CCCCC5)c5c2SC(C)(C)S5)SC(C)(C)S4)c2c4c(c(N5CCCCC5)c5c2SC(C)(C)S5)SC(C)(C)S4)SC(C)(C)S3)S1. The van der Waals surface area contributed by atoms with Crippen LogP contribution in [0, 0.1) is 5.92 Å². The Labute approximate surface area is 454 Å². The number of fused-ring (bicyclic) bond motifs is 6. The highest BCUT2D eigenvalue weighted by molar-refractivity contribution is 8.23.